The molecule has 120 valence electrons. The third kappa shape index (κ3) is 3.85. The Labute approximate surface area is 145 Å². The summed E-state index contributed by atoms with van der Waals surface area (Å²) < 4.78 is 6.63. The smallest absolute Gasteiger partial charge is 0.261 e. The molecule has 0 saturated heterocycles. The minimum Gasteiger partial charge on any atom is -0.405 e. The first-order chi connectivity index (χ1) is 11.0. The van der Waals surface area contributed by atoms with E-state index in [1.807, 2.05) is 12.1 Å². The zero-order valence-corrected chi connectivity index (χ0v) is 15.8. The Morgan fingerprint density at radius 3 is 1.83 bits per heavy atom. The van der Waals surface area contributed by atoms with Crippen molar-refractivity contribution in [3.8, 4) is 0 Å². The van der Waals surface area contributed by atoms with Gasteiger partial charge in [0, 0.05) is 0 Å². The standard InChI is InChI=1S/C19H23NOSSi/c1-19(2,3)23(21-15-14-20-16-22,17-10-6-4-7-11-17)18-12-8-5-9-13-18/h4-13H,14-15H2,1-3H3. The summed E-state index contributed by atoms with van der Waals surface area (Å²) in [5.41, 5.74) is 0. The van der Waals surface area contributed by atoms with Crippen LogP contribution >= 0.6 is 12.2 Å². The molecule has 2 aromatic carbocycles. The molecule has 0 aliphatic carbocycles. The first-order valence-corrected chi connectivity index (χ1v) is 10.1. The molecule has 0 aliphatic heterocycles. The first kappa shape index (κ1) is 17.8. The van der Waals surface area contributed by atoms with Crippen LogP contribution in [0.15, 0.2) is 65.7 Å². The summed E-state index contributed by atoms with van der Waals surface area (Å²) in [6.07, 6.45) is 0. The topological polar surface area (TPSA) is 21.6 Å². The van der Waals surface area contributed by atoms with Gasteiger partial charge in [-0.3, -0.25) is 0 Å². The Morgan fingerprint density at radius 1 is 0.957 bits per heavy atom. The van der Waals surface area contributed by atoms with Crippen LogP contribution in [0.5, 0.6) is 0 Å². The second kappa shape index (κ2) is 7.80. The highest BCUT2D eigenvalue weighted by atomic mass is 32.1. The maximum atomic E-state index is 6.63. The molecule has 0 bridgehead atoms. The summed E-state index contributed by atoms with van der Waals surface area (Å²) in [4.78, 5) is 4.01. The third-order valence-corrected chi connectivity index (χ3v) is 9.17. The van der Waals surface area contributed by atoms with Gasteiger partial charge < -0.3 is 4.43 Å². The van der Waals surface area contributed by atoms with Crippen LogP contribution in [-0.2, 0) is 4.43 Å². The van der Waals surface area contributed by atoms with Gasteiger partial charge in [-0.1, -0.05) is 81.4 Å². The number of rotatable bonds is 6. The summed E-state index contributed by atoms with van der Waals surface area (Å²) in [5.74, 6) is 0. The molecule has 0 spiro atoms. The van der Waals surface area contributed by atoms with E-state index in [-0.39, 0.29) is 5.04 Å². The van der Waals surface area contributed by atoms with Gasteiger partial charge in [-0.05, 0) is 27.6 Å². The van der Waals surface area contributed by atoms with Crippen LogP contribution in [-0.4, -0.2) is 26.6 Å². The van der Waals surface area contributed by atoms with E-state index >= 15 is 0 Å². The molecule has 0 unspecified atom stereocenters. The lowest BCUT2D eigenvalue weighted by Crippen LogP contribution is -2.66. The van der Waals surface area contributed by atoms with Gasteiger partial charge in [-0.2, -0.15) is 0 Å². The molecule has 0 amide bonds. The maximum absolute atomic E-state index is 6.63. The van der Waals surface area contributed by atoms with E-state index in [1.54, 1.807) is 0 Å². The van der Waals surface area contributed by atoms with Gasteiger partial charge in [0.1, 0.15) is 0 Å². The van der Waals surface area contributed by atoms with Gasteiger partial charge in [0.2, 0.25) is 0 Å². The molecule has 0 atom stereocenters. The van der Waals surface area contributed by atoms with E-state index in [2.05, 4.69) is 91.7 Å². The monoisotopic (exact) mass is 341 g/mol. The zero-order valence-electron chi connectivity index (χ0n) is 14.0. The van der Waals surface area contributed by atoms with Crippen LogP contribution in [0.4, 0.5) is 0 Å². The first-order valence-electron chi connectivity index (χ1n) is 7.81. The normalized spacial score (nSPS) is 11.8. The van der Waals surface area contributed by atoms with Crippen molar-refractivity contribution in [3.63, 3.8) is 0 Å². The van der Waals surface area contributed by atoms with Crippen molar-refractivity contribution in [2.75, 3.05) is 13.2 Å². The molecule has 4 heteroatoms. The SMILES string of the molecule is CC(C)(C)[Si](OCCN=C=S)(c1ccccc1)c1ccccc1. The fourth-order valence-corrected chi connectivity index (χ4v) is 7.70. The Bertz CT molecular complexity index is 621. The molecule has 0 N–H and O–H groups in total. The number of nitrogens with zero attached hydrogens (tertiary/aromatic N) is 1. The second-order valence-corrected chi connectivity index (χ2v) is 11.0. The van der Waals surface area contributed by atoms with Crippen molar-refractivity contribution in [3.05, 3.63) is 60.7 Å². The van der Waals surface area contributed by atoms with E-state index < -0.39 is 8.32 Å². The number of benzene rings is 2. The molecule has 2 nitrogen and oxygen atoms in total. The molecular weight excluding hydrogens is 318 g/mol. The predicted molar refractivity (Wildman–Crippen MR) is 103 cm³/mol. The van der Waals surface area contributed by atoms with Gasteiger partial charge in [-0.15, -0.1) is 0 Å². The Kier molecular flexibility index (Phi) is 6.02. The molecule has 0 saturated carbocycles. The Balaban J connectivity index is 2.57. The molecule has 2 aromatic rings. The molecule has 0 fully saturated rings. The third-order valence-electron chi connectivity index (χ3n) is 4.00. The summed E-state index contributed by atoms with van der Waals surface area (Å²) >= 11 is 4.66. The van der Waals surface area contributed by atoms with E-state index in [0.717, 1.165) is 0 Å². The minimum atomic E-state index is -2.42. The lowest BCUT2D eigenvalue weighted by atomic mass is 10.2. The van der Waals surface area contributed by atoms with Crippen LogP contribution in [0.3, 0.4) is 0 Å². The van der Waals surface area contributed by atoms with Crippen molar-refractivity contribution in [2.45, 2.75) is 25.8 Å². The second-order valence-electron chi connectivity index (χ2n) is 6.48. The van der Waals surface area contributed by atoms with Gasteiger partial charge >= 0.3 is 0 Å². The predicted octanol–water partition coefficient (Wildman–Crippen LogP) is 3.67. The summed E-state index contributed by atoms with van der Waals surface area (Å²) in [6, 6.07) is 21.2. The number of thiocarbonyl (C=S) groups is 1. The fraction of sp³-hybridized carbons (Fsp3) is 0.316. The number of isothiocyanates is 1. The van der Waals surface area contributed by atoms with Gasteiger partial charge in [0.15, 0.2) is 0 Å². The Morgan fingerprint density at radius 2 is 1.43 bits per heavy atom. The van der Waals surface area contributed by atoms with Crippen LogP contribution in [0.1, 0.15) is 20.8 Å². The van der Waals surface area contributed by atoms with Crippen LogP contribution < -0.4 is 10.4 Å². The van der Waals surface area contributed by atoms with Crippen molar-refractivity contribution < 1.29 is 4.43 Å². The number of hydrogen-bond acceptors (Lipinski definition) is 3. The number of hydrogen-bond donors (Lipinski definition) is 0. The lowest BCUT2D eigenvalue weighted by molar-refractivity contribution is 0.308. The van der Waals surface area contributed by atoms with Crippen LogP contribution in [0, 0.1) is 0 Å². The van der Waals surface area contributed by atoms with Gasteiger partial charge in [0.25, 0.3) is 8.32 Å². The van der Waals surface area contributed by atoms with Crippen molar-refractivity contribution >= 4 is 36.1 Å². The zero-order chi connectivity index (χ0) is 16.8. The quantitative estimate of drug-likeness (QED) is 0.346. The summed E-state index contributed by atoms with van der Waals surface area (Å²) in [5, 5.41) is 4.98. The highest BCUT2D eigenvalue weighted by Gasteiger charge is 2.49. The lowest BCUT2D eigenvalue weighted by Gasteiger charge is -2.42. The van der Waals surface area contributed by atoms with Gasteiger partial charge in [0.05, 0.1) is 18.3 Å². The molecule has 23 heavy (non-hydrogen) atoms. The molecule has 0 heterocycles. The summed E-state index contributed by atoms with van der Waals surface area (Å²) in [6.45, 7) is 7.90. The highest BCUT2D eigenvalue weighted by Crippen LogP contribution is 2.36. The highest BCUT2D eigenvalue weighted by molar-refractivity contribution is 7.78. The largest absolute Gasteiger partial charge is 0.405 e. The van der Waals surface area contributed by atoms with Crippen molar-refractivity contribution in [1.29, 1.82) is 0 Å². The maximum Gasteiger partial charge on any atom is 0.261 e. The van der Waals surface area contributed by atoms with E-state index in [1.165, 1.54) is 10.4 Å². The average molecular weight is 342 g/mol. The van der Waals surface area contributed by atoms with E-state index in [9.17, 15) is 0 Å². The van der Waals surface area contributed by atoms with Gasteiger partial charge in [-0.25, -0.2) is 4.99 Å². The van der Waals surface area contributed by atoms with E-state index in [0.29, 0.717) is 13.2 Å². The van der Waals surface area contributed by atoms with E-state index in [4.69, 9.17) is 4.43 Å². The molecule has 0 aliphatic rings. The fourth-order valence-electron chi connectivity index (χ4n) is 3.05. The Hall–Kier alpha value is -1.58. The minimum absolute atomic E-state index is 0.00288. The summed E-state index contributed by atoms with van der Waals surface area (Å²) in [7, 11) is -2.42. The number of aliphatic imine (C=N–C) groups is 1. The van der Waals surface area contributed by atoms with Crippen molar-refractivity contribution in [1.82, 2.24) is 0 Å². The van der Waals surface area contributed by atoms with Crippen LogP contribution in [0.25, 0.3) is 0 Å². The molecule has 2 rings (SSSR count). The van der Waals surface area contributed by atoms with Crippen LogP contribution in [0.2, 0.25) is 5.04 Å². The molecule has 0 aromatic heterocycles. The average Bonchev–Trinajstić information content (AvgIpc) is 2.55. The van der Waals surface area contributed by atoms with Crippen molar-refractivity contribution in [2.24, 2.45) is 4.99 Å². The molecule has 0 radical (unpaired) electrons. The molecular formula is C19H23NOSSi.